The smallest absolute Gasteiger partial charge is 0.250 e. The van der Waals surface area contributed by atoms with E-state index in [1.807, 2.05) is 36.4 Å². The zero-order chi connectivity index (χ0) is 16.8. The molecular formula is C19H20N2O3. The van der Waals surface area contributed by atoms with Crippen LogP contribution in [0.4, 0.5) is 5.69 Å². The predicted molar refractivity (Wildman–Crippen MR) is 89.2 cm³/mol. The second-order valence-corrected chi connectivity index (χ2v) is 6.75. The zero-order valence-electron chi connectivity index (χ0n) is 13.6. The third kappa shape index (κ3) is 2.11. The summed E-state index contributed by atoms with van der Waals surface area (Å²) in [4.78, 5) is 41.2. The van der Waals surface area contributed by atoms with Crippen molar-refractivity contribution in [1.29, 1.82) is 0 Å². The molecule has 0 radical (unpaired) electrons. The fourth-order valence-electron chi connectivity index (χ4n) is 4.11. The SMILES string of the molecule is C[C@H](C(=O)N1CCc2ccccc21)N1C(=O)[C@H]2CC=CC[C@H]2C1=O. The molecule has 3 aliphatic rings. The molecule has 1 saturated heterocycles. The Kier molecular flexibility index (Phi) is 3.52. The number of hydrogen-bond acceptors (Lipinski definition) is 3. The lowest BCUT2D eigenvalue weighted by molar-refractivity contribution is -0.146. The molecule has 4 rings (SSSR count). The van der Waals surface area contributed by atoms with Crippen molar-refractivity contribution in [2.45, 2.75) is 32.2 Å². The van der Waals surface area contributed by atoms with Crippen LogP contribution in [0.3, 0.4) is 0 Å². The summed E-state index contributed by atoms with van der Waals surface area (Å²) in [6.07, 6.45) is 5.92. The first-order chi connectivity index (χ1) is 11.6. The van der Waals surface area contributed by atoms with Crippen LogP contribution >= 0.6 is 0 Å². The Balaban J connectivity index is 1.58. The van der Waals surface area contributed by atoms with E-state index in [2.05, 4.69) is 0 Å². The van der Waals surface area contributed by atoms with Crippen molar-refractivity contribution in [2.75, 3.05) is 11.4 Å². The van der Waals surface area contributed by atoms with Gasteiger partial charge in [0.25, 0.3) is 0 Å². The number of allylic oxidation sites excluding steroid dienone is 2. The number of fused-ring (bicyclic) bond motifs is 2. The fourth-order valence-corrected chi connectivity index (χ4v) is 4.11. The molecule has 1 aromatic rings. The molecule has 2 aliphatic heterocycles. The first-order valence-corrected chi connectivity index (χ1v) is 8.51. The standard InChI is InChI=1S/C19H20N2O3/c1-12(17(22)20-11-10-13-6-2-5-9-16(13)20)21-18(23)14-7-3-4-8-15(14)19(21)24/h2-6,9,12,14-15H,7-8,10-11H2,1H3/t12-,14-,15+/m1/s1. The number of rotatable bonds is 2. The van der Waals surface area contributed by atoms with E-state index in [0.717, 1.165) is 17.7 Å². The molecule has 5 nitrogen and oxygen atoms in total. The van der Waals surface area contributed by atoms with Crippen LogP contribution in [0.15, 0.2) is 36.4 Å². The van der Waals surface area contributed by atoms with Gasteiger partial charge in [-0.05, 0) is 37.8 Å². The number of amides is 3. The minimum absolute atomic E-state index is 0.173. The fraction of sp³-hybridized carbons (Fsp3) is 0.421. The van der Waals surface area contributed by atoms with Gasteiger partial charge < -0.3 is 4.90 Å². The van der Waals surface area contributed by atoms with Gasteiger partial charge in [-0.25, -0.2) is 0 Å². The van der Waals surface area contributed by atoms with Crippen LogP contribution in [-0.2, 0) is 20.8 Å². The minimum Gasteiger partial charge on any atom is -0.310 e. The lowest BCUT2D eigenvalue weighted by atomic mass is 9.85. The van der Waals surface area contributed by atoms with E-state index < -0.39 is 6.04 Å². The van der Waals surface area contributed by atoms with E-state index in [0.29, 0.717) is 19.4 Å². The van der Waals surface area contributed by atoms with Crippen molar-refractivity contribution in [3.05, 3.63) is 42.0 Å². The van der Waals surface area contributed by atoms with Gasteiger partial charge in [0.2, 0.25) is 17.7 Å². The van der Waals surface area contributed by atoms with Crippen LogP contribution in [0.1, 0.15) is 25.3 Å². The van der Waals surface area contributed by atoms with Gasteiger partial charge in [0.1, 0.15) is 6.04 Å². The van der Waals surface area contributed by atoms with Crippen molar-refractivity contribution < 1.29 is 14.4 Å². The number of likely N-dealkylation sites (tertiary alicyclic amines) is 1. The summed E-state index contributed by atoms with van der Waals surface area (Å²) in [5.41, 5.74) is 2.03. The van der Waals surface area contributed by atoms with E-state index in [1.54, 1.807) is 11.8 Å². The molecule has 0 spiro atoms. The highest BCUT2D eigenvalue weighted by Gasteiger charge is 2.50. The van der Waals surface area contributed by atoms with Crippen molar-refractivity contribution in [3.8, 4) is 0 Å². The van der Waals surface area contributed by atoms with E-state index in [4.69, 9.17) is 0 Å². The number of carbonyl (C=O) groups excluding carboxylic acids is 3. The lowest BCUT2D eigenvalue weighted by Crippen LogP contribution is -2.49. The summed E-state index contributed by atoms with van der Waals surface area (Å²) in [6.45, 7) is 2.27. The maximum atomic E-state index is 13.0. The van der Waals surface area contributed by atoms with Crippen LogP contribution < -0.4 is 4.90 Å². The molecule has 5 heteroatoms. The zero-order valence-corrected chi connectivity index (χ0v) is 13.6. The number of anilines is 1. The maximum Gasteiger partial charge on any atom is 0.250 e. The molecular weight excluding hydrogens is 304 g/mol. The Morgan fingerprint density at radius 1 is 1.08 bits per heavy atom. The Morgan fingerprint density at radius 2 is 1.71 bits per heavy atom. The highest BCUT2D eigenvalue weighted by Crippen LogP contribution is 2.37. The molecule has 1 aromatic carbocycles. The third-order valence-electron chi connectivity index (χ3n) is 5.44. The van der Waals surface area contributed by atoms with Crippen LogP contribution in [0.5, 0.6) is 0 Å². The Hall–Kier alpha value is -2.43. The van der Waals surface area contributed by atoms with Crippen LogP contribution in [0.2, 0.25) is 0 Å². The lowest BCUT2D eigenvalue weighted by Gasteiger charge is -2.27. The van der Waals surface area contributed by atoms with E-state index >= 15 is 0 Å². The van der Waals surface area contributed by atoms with Crippen LogP contribution in [0, 0.1) is 11.8 Å². The molecule has 0 bridgehead atoms. The molecule has 124 valence electrons. The third-order valence-corrected chi connectivity index (χ3v) is 5.44. The minimum atomic E-state index is -0.748. The predicted octanol–water partition coefficient (Wildman–Crippen LogP) is 1.92. The molecule has 2 heterocycles. The Bertz CT molecular complexity index is 729. The largest absolute Gasteiger partial charge is 0.310 e. The number of carbonyl (C=O) groups is 3. The van der Waals surface area contributed by atoms with Gasteiger partial charge in [0, 0.05) is 12.2 Å². The van der Waals surface area contributed by atoms with E-state index in [1.165, 1.54) is 4.90 Å². The molecule has 0 saturated carbocycles. The average molecular weight is 324 g/mol. The molecule has 24 heavy (non-hydrogen) atoms. The molecule has 1 aliphatic carbocycles. The van der Waals surface area contributed by atoms with Gasteiger partial charge in [-0.2, -0.15) is 0 Å². The molecule has 0 aromatic heterocycles. The number of hydrogen-bond donors (Lipinski definition) is 0. The molecule has 3 atom stereocenters. The van der Waals surface area contributed by atoms with Crippen molar-refractivity contribution in [3.63, 3.8) is 0 Å². The number of nitrogens with zero attached hydrogens (tertiary/aromatic N) is 2. The molecule has 0 unspecified atom stereocenters. The average Bonchev–Trinajstić information content (AvgIpc) is 3.14. The van der Waals surface area contributed by atoms with E-state index in [-0.39, 0.29) is 29.6 Å². The Morgan fingerprint density at radius 3 is 2.38 bits per heavy atom. The van der Waals surface area contributed by atoms with Gasteiger partial charge in [0.05, 0.1) is 11.8 Å². The van der Waals surface area contributed by atoms with Crippen molar-refractivity contribution in [1.82, 2.24) is 4.90 Å². The summed E-state index contributed by atoms with van der Waals surface area (Å²) in [6, 6.07) is 7.05. The molecule has 0 N–H and O–H groups in total. The van der Waals surface area contributed by atoms with Gasteiger partial charge in [-0.15, -0.1) is 0 Å². The first kappa shape index (κ1) is 15.1. The summed E-state index contributed by atoms with van der Waals surface area (Å²) in [7, 11) is 0. The number of benzene rings is 1. The summed E-state index contributed by atoms with van der Waals surface area (Å²) >= 11 is 0. The Labute approximate surface area is 140 Å². The maximum absolute atomic E-state index is 13.0. The topological polar surface area (TPSA) is 57.7 Å². The monoisotopic (exact) mass is 324 g/mol. The number of para-hydroxylation sites is 1. The second kappa shape index (κ2) is 5.58. The van der Waals surface area contributed by atoms with Gasteiger partial charge in [-0.3, -0.25) is 19.3 Å². The summed E-state index contributed by atoms with van der Waals surface area (Å²) in [5.74, 6) is -1.13. The van der Waals surface area contributed by atoms with Gasteiger partial charge >= 0.3 is 0 Å². The highest BCUT2D eigenvalue weighted by molar-refractivity contribution is 6.10. The van der Waals surface area contributed by atoms with Crippen molar-refractivity contribution >= 4 is 23.4 Å². The molecule has 1 fully saturated rings. The van der Waals surface area contributed by atoms with Crippen LogP contribution in [-0.4, -0.2) is 35.2 Å². The molecule has 3 amide bonds. The first-order valence-electron chi connectivity index (χ1n) is 8.51. The van der Waals surface area contributed by atoms with Crippen LogP contribution in [0.25, 0.3) is 0 Å². The highest BCUT2D eigenvalue weighted by atomic mass is 16.2. The summed E-state index contributed by atoms with van der Waals surface area (Å²) < 4.78 is 0. The quantitative estimate of drug-likeness (QED) is 0.617. The van der Waals surface area contributed by atoms with Crippen molar-refractivity contribution in [2.24, 2.45) is 11.8 Å². The summed E-state index contributed by atoms with van der Waals surface area (Å²) in [5, 5.41) is 0. The second-order valence-electron chi connectivity index (χ2n) is 6.75. The number of imide groups is 1. The van der Waals surface area contributed by atoms with E-state index in [9.17, 15) is 14.4 Å². The normalized spacial score (nSPS) is 26.5. The van der Waals surface area contributed by atoms with Gasteiger partial charge in [-0.1, -0.05) is 30.4 Å². The van der Waals surface area contributed by atoms with Gasteiger partial charge in [0.15, 0.2) is 0 Å².